The summed E-state index contributed by atoms with van der Waals surface area (Å²) < 4.78 is 1.75. The monoisotopic (exact) mass is 402 g/mol. The van der Waals surface area contributed by atoms with Gasteiger partial charge in [-0.1, -0.05) is 48.5 Å². The van der Waals surface area contributed by atoms with E-state index in [1.807, 2.05) is 19.1 Å². The van der Waals surface area contributed by atoms with Crippen LogP contribution in [0.5, 0.6) is 0 Å². The molecule has 3 rings (SSSR count). The minimum atomic E-state index is -0.827. The van der Waals surface area contributed by atoms with Gasteiger partial charge in [-0.3, -0.25) is 9.36 Å². The van der Waals surface area contributed by atoms with E-state index in [9.17, 15) is 9.90 Å². The molecule has 0 bridgehead atoms. The molecule has 4 nitrogen and oxygen atoms in total. The lowest BCUT2D eigenvalue weighted by molar-refractivity contribution is 0.107. The number of aliphatic hydroxyl groups is 1. The van der Waals surface area contributed by atoms with E-state index in [1.165, 1.54) is 22.2 Å². The molecule has 27 heavy (non-hydrogen) atoms. The van der Waals surface area contributed by atoms with Crippen molar-refractivity contribution in [2.45, 2.75) is 58.3 Å². The van der Waals surface area contributed by atoms with Crippen LogP contribution in [0.4, 0.5) is 0 Å². The van der Waals surface area contributed by atoms with Crippen LogP contribution >= 0.6 is 23.1 Å². The molecule has 0 atom stereocenters. The molecule has 0 unspecified atom stereocenters. The number of aromatic nitrogens is 2. The van der Waals surface area contributed by atoms with E-state index in [2.05, 4.69) is 26.0 Å². The summed E-state index contributed by atoms with van der Waals surface area (Å²) in [5.74, 6) is 0.476. The van der Waals surface area contributed by atoms with Gasteiger partial charge in [0.2, 0.25) is 0 Å². The zero-order valence-electron chi connectivity index (χ0n) is 16.5. The predicted molar refractivity (Wildman–Crippen MR) is 115 cm³/mol. The second kappa shape index (κ2) is 7.78. The third kappa shape index (κ3) is 4.45. The van der Waals surface area contributed by atoms with Gasteiger partial charge in [0, 0.05) is 10.6 Å². The standard InChI is InChI=1S/C21H26N2O2S2/c1-6-16-14(3)17-18(27-16)22-20(26-12-21(4,5)25)23(19(17)24)11-15-9-7-13(2)8-10-15/h7-10,25H,6,11-12H2,1-5H3. The number of rotatable bonds is 6. The average molecular weight is 403 g/mol. The van der Waals surface area contributed by atoms with Gasteiger partial charge in [0.25, 0.3) is 5.56 Å². The average Bonchev–Trinajstić information content (AvgIpc) is 2.93. The Balaban J connectivity index is 2.14. The zero-order valence-corrected chi connectivity index (χ0v) is 18.1. The van der Waals surface area contributed by atoms with Crippen molar-refractivity contribution < 1.29 is 5.11 Å². The highest BCUT2D eigenvalue weighted by atomic mass is 32.2. The minimum absolute atomic E-state index is 0.00673. The maximum atomic E-state index is 13.3. The summed E-state index contributed by atoms with van der Waals surface area (Å²) in [5, 5.41) is 11.5. The summed E-state index contributed by atoms with van der Waals surface area (Å²) in [5.41, 5.74) is 2.49. The lowest BCUT2D eigenvalue weighted by atomic mass is 10.1. The van der Waals surface area contributed by atoms with Crippen LogP contribution in [-0.2, 0) is 13.0 Å². The van der Waals surface area contributed by atoms with Crippen molar-refractivity contribution in [3.05, 3.63) is 56.2 Å². The Bertz CT molecular complexity index is 1010. The molecule has 1 N–H and O–H groups in total. The fraction of sp³-hybridized carbons (Fsp3) is 0.429. The van der Waals surface area contributed by atoms with Crippen LogP contribution < -0.4 is 5.56 Å². The van der Waals surface area contributed by atoms with Crippen molar-refractivity contribution in [3.8, 4) is 0 Å². The highest BCUT2D eigenvalue weighted by Gasteiger charge is 2.20. The van der Waals surface area contributed by atoms with Crippen LogP contribution in [0.3, 0.4) is 0 Å². The molecule has 0 fully saturated rings. The van der Waals surface area contributed by atoms with Crippen molar-refractivity contribution in [2.75, 3.05) is 5.75 Å². The minimum Gasteiger partial charge on any atom is -0.390 e. The summed E-state index contributed by atoms with van der Waals surface area (Å²) in [7, 11) is 0. The Morgan fingerprint density at radius 2 is 1.89 bits per heavy atom. The fourth-order valence-electron chi connectivity index (χ4n) is 2.95. The van der Waals surface area contributed by atoms with E-state index in [4.69, 9.17) is 4.98 Å². The van der Waals surface area contributed by atoms with Gasteiger partial charge in [-0.15, -0.1) is 11.3 Å². The molecule has 2 heterocycles. The van der Waals surface area contributed by atoms with Gasteiger partial charge in [-0.2, -0.15) is 0 Å². The third-order valence-electron chi connectivity index (χ3n) is 4.45. The molecular formula is C21H26N2O2S2. The second-order valence-corrected chi connectivity index (χ2v) is 9.58. The Morgan fingerprint density at radius 1 is 1.22 bits per heavy atom. The molecule has 0 saturated carbocycles. The van der Waals surface area contributed by atoms with Crippen LogP contribution in [0.15, 0.2) is 34.2 Å². The van der Waals surface area contributed by atoms with E-state index >= 15 is 0 Å². The first-order valence-electron chi connectivity index (χ1n) is 9.13. The first-order chi connectivity index (χ1) is 12.7. The molecule has 6 heteroatoms. The molecule has 0 aliphatic rings. The Morgan fingerprint density at radius 3 is 2.48 bits per heavy atom. The van der Waals surface area contributed by atoms with Gasteiger partial charge in [-0.25, -0.2) is 4.98 Å². The van der Waals surface area contributed by atoms with Gasteiger partial charge < -0.3 is 5.11 Å². The van der Waals surface area contributed by atoms with Gasteiger partial charge in [0.1, 0.15) is 4.83 Å². The summed E-state index contributed by atoms with van der Waals surface area (Å²) in [6.45, 7) is 10.2. The molecule has 1 aromatic carbocycles. The molecular weight excluding hydrogens is 376 g/mol. The normalized spacial score (nSPS) is 12.1. The van der Waals surface area contributed by atoms with Crippen LogP contribution in [0, 0.1) is 13.8 Å². The summed E-state index contributed by atoms with van der Waals surface area (Å²) >= 11 is 3.04. The van der Waals surface area contributed by atoms with E-state index in [1.54, 1.807) is 29.8 Å². The van der Waals surface area contributed by atoms with Crippen molar-refractivity contribution in [3.63, 3.8) is 0 Å². The smallest absolute Gasteiger partial charge is 0.263 e. The predicted octanol–water partition coefficient (Wildman–Crippen LogP) is 4.55. The van der Waals surface area contributed by atoms with Gasteiger partial charge >= 0.3 is 0 Å². The molecule has 0 amide bonds. The number of nitrogens with zero attached hydrogens (tertiary/aromatic N) is 2. The topological polar surface area (TPSA) is 55.1 Å². The number of hydrogen-bond donors (Lipinski definition) is 1. The number of aryl methyl sites for hydroxylation is 3. The number of fused-ring (bicyclic) bond motifs is 1. The third-order valence-corrected chi connectivity index (χ3v) is 7.20. The number of hydrogen-bond acceptors (Lipinski definition) is 5. The first-order valence-corrected chi connectivity index (χ1v) is 10.9. The SMILES string of the molecule is CCc1sc2nc(SCC(C)(C)O)n(Cc3ccc(C)cc3)c(=O)c2c1C. The van der Waals surface area contributed by atoms with E-state index in [0.29, 0.717) is 17.5 Å². The molecule has 0 aliphatic heterocycles. The molecule has 0 radical (unpaired) electrons. The van der Waals surface area contributed by atoms with Gasteiger partial charge in [0.15, 0.2) is 5.16 Å². The Kier molecular flexibility index (Phi) is 5.79. The lowest BCUT2D eigenvalue weighted by Crippen LogP contribution is -2.26. The summed E-state index contributed by atoms with van der Waals surface area (Å²) in [6, 6.07) is 8.21. The van der Waals surface area contributed by atoms with Crippen molar-refractivity contribution in [1.29, 1.82) is 0 Å². The van der Waals surface area contributed by atoms with Crippen LogP contribution in [0.2, 0.25) is 0 Å². The largest absolute Gasteiger partial charge is 0.390 e. The van der Waals surface area contributed by atoms with Crippen LogP contribution in [0.25, 0.3) is 10.2 Å². The molecule has 0 saturated heterocycles. The molecule has 0 spiro atoms. The highest BCUT2D eigenvalue weighted by Crippen LogP contribution is 2.30. The Hall–Kier alpha value is -1.63. The lowest BCUT2D eigenvalue weighted by Gasteiger charge is -2.18. The Labute approximate surface area is 168 Å². The number of thiophene rings is 1. The molecule has 144 valence electrons. The van der Waals surface area contributed by atoms with E-state index < -0.39 is 5.60 Å². The van der Waals surface area contributed by atoms with Crippen molar-refractivity contribution in [2.24, 2.45) is 0 Å². The number of thioether (sulfide) groups is 1. The van der Waals surface area contributed by atoms with Gasteiger partial charge in [-0.05, 0) is 45.2 Å². The fourth-order valence-corrected chi connectivity index (χ4v) is 5.05. The van der Waals surface area contributed by atoms with Crippen molar-refractivity contribution >= 4 is 33.3 Å². The molecule has 0 aliphatic carbocycles. The van der Waals surface area contributed by atoms with E-state index in [0.717, 1.165) is 27.8 Å². The molecule has 3 aromatic rings. The quantitative estimate of drug-likeness (QED) is 0.485. The van der Waals surface area contributed by atoms with Crippen LogP contribution in [-0.4, -0.2) is 26.0 Å². The summed E-state index contributed by atoms with van der Waals surface area (Å²) in [4.78, 5) is 20.2. The maximum absolute atomic E-state index is 13.3. The van der Waals surface area contributed by atoms with E-state index in [-0.39, 0.29) is 5.56 Å². The molecule has 2 aromatic heterocycles. The van der Waals surface area contributed by atoms with Crippen LogP contribution in [0.1, 0.15) is 42.3 Å². The number of benzene rings is 1. The second-order valence-electron chi connectivity index (χ2n) is 7.56. The first kappa shape index (κ1) is 20.1. The van der Waals surface area contributed by atoms with Crippen molar-refractivity contribution in [1.82, 2.24) is 9.55 Å². The maximum Gasteiger partial charge on any atom is 0.263 e. The zero-order chi connectivity index (χ0) is 19.8. The van der Waals surface area contributed by atoms with Gasteiger partial charge in [0.05, 0.1) is 17.5 Å². The summed E-state index contributed by atoms with van der Waals surface area (Å²) in [6.07, 6.45) is 0.899. The highest BCUT2D eigenvalue weighted by molar-refractivity contribution is 7.99.